The second-order valence-electron chi connectivity index (χ2n) is 6.67. The minimum absolute atomic E-state index is 0.0215. The summed E-state index contributed by atoms with van der Waals surface area (Å²) in [5, 5.41) is 3.04. The molecule has 0 saturated heterocycles. The van der Waals surface area contributed by atoms with Crippen LogP contribution in [0.15, 0.2) is 30.3 Å². The molecule has 0 aromatic heterocycles. The first-order valence-electron chi connectivity index (χ1n) is 8.55. The maximum absolute atomic E-state index is 11.4. The Kier molecular flexibility index (Phi) is 5.11. The van der Waals surface area contributed by atoms with Gasteiger partial charge < -0.3 is 11.1 Å². The number of carbonyl (C=O) groups excluding carboxylic acids is 1. The third-order valence-corrected chi connectivity index (χ3v) is 4.94. The summed E-state index contributed by atoms with van der Waals surface area (Å²) in [6.45, 7) is 1.16. The number of nitrogens with one attached hydrogen (secondary N) is 1. The highest BCUT2D eigenvalue weighted by atomic mass is 16.1. The van der Waals surface area contributed by atoms with Crippen molar-refractivity contribution in [2.45, 2.75) is 63.2 Å². The number of benzene rings is 1. The average Bonchev–Trinajstić information content (AvgIpc) is 3.39. The first kappa shape index (κ1) is 15.5. The lowest BCUT2D eigenvalue weighted by atomic mass is 9.89. The predicted molar refractivity (Wildman–Crippen MR) is 88.2 cm³/mol. The van der Waals surface area contributed by atoms with Crippen LogP contribution in [-0.4, -0.2) is 35.5 Å². The van der Waals surface area contributed by atoms with E-state index in [-0.39, 0.29) is 12.5 Å². The number of nitrogens with zero attached hydrogens (tertiary/aromatic N) is 1. The molecular formula is C18H27N3O. The quantitative estimate of drug-likeness (QED) is 0.845. The molecule has 3 rings (SSSR count). The highest BCUT2D eigenvalue weighted by Gasteiger charge is 2.35. The topological polar surface area (TPSA) is 58.4 Å². The predicted octanol–water partition coefficient (Wildman–Crippen LogP) is 2.04. The second kappa shape index (κ2) is 7.25. The molecule has 4 nitrogen and oxygen atoms in total. The number of carbonyl (C=O) groups is 1. The SMILES string of the molecule is NCC(=O)NC1CCC(N(Cc2ccccc2)C2CC2)CC1. The van der Waals surface area contributed by atoms with Crippen molar-refractivity contribution in [3.63, 3.8) is 0 Å². The Bertz CT molecular complexity index is 478. The van der Waals surface area contributed by atoms with Crippen molar-refractivity contribution in [2.75, 3.05) is 6.54 Å². The first-order valence-corrected chi connectivity index (χ1v) is 8.55. The van der Waals surface area contributed by atoms with Crippen molar-refractivity contribution in [2.24, 2.45) is 5.73 Å². The molecule has 0 unspecified atom stereocenters. The molecule has 0 radical (unpaired) electrons. The van der Waals surface area contributed by atoms with Gasteiger partial charge in [-0.2, -0.15) is 0 Å². The summed E-state index contributed by atoms with van der Waals surface area (Å²) < 4.78 is 0. The zero-order valence-electron chi connectivity index (χ0n) is 13.2. The molecule has 120 valence electrons. The highest BCUT2D eigenvalue weighted by Crippen LogP contribution is 2.35. The normalized spacial score (nSPS) is 25.2. The number of rotatable bonds is 6. The van der Waals surface area contributed by atoms with Gasteiger partial charge in [-0.1, -0.05) is 30.3 Å². The van der Waals surface area contributed by atoms with E-state index in [2.05, 4.69) is 40.5 Å². The van der Waals surface area contributed by atoms with Crippen molar-refractivity contribution in [1.82, 2.24) is 10.2 Å². The number of hydrogen-bond donors (Lipinski definition) is 2. The maximum atomic E-state index is 11.4. The van der Waals surface area contributed by atoms with Gasteiger partial charge in [-0.3, -0.25) is 9.69 Å². The van der Waals surface area contributed by atoms with Gasteiger partial charge in [0.25, 0.3) is 0 Å². The van der Waals surface area contributed by atoms with E-state index in [4.69, 9.17) is 5.73 Å². The Morgan fingerprint density at radius 3 is 2.18 bits per heavy atom. The molecule has 0 bridgehead atoms. The average molecular weight is 301 g/mol. The minimum atomic E-state index is -0.0215. The van der Waals surface area contributed by atoms with Gasteiger partial charge in [-0.15, -0.1) is 0 Å². The summed E-state index contributed by atoms with van der Waals surface area (Å²) in [6.07, 6.45) is 7.20. The van der Waals surface area contributed by atoms with E-state index in [1.54, 1.807) is 0 Å². The number of hydrogen-bond acceptors (Lipinski definition) is 3. The number of amides is 1. The summed E-state index contributed by atoms with van der Waals surface area (Å²) in [5.41, 5.74) is 6.79. The van der Waals surface area contributed by atoms with Gasteiger partial charge in [0.15, 0.2) is 0 Å². The van der Waals surface area contributed by atoms with Gasteiger partial charge in [-0.05, 0) is 44.1 Å². The molecule has 1 amide bonds. The lowest BCUT2D eigenvalue weighted by Crippen LogP contribution is -2.45. The van der Waals surface area contributed by atoms with Gasteiger partial charge in [0.2, 0.25) is 5.91 Å². The van der Waals surface area contributed by atoms with Crippen LogP contribution in [0.5, 0.6) is 0 Å². The van der Waals surface area contributed by atoms with E-state index in [0.717, 1.165) is 25.4 Å². The van der Waals surface area contributed by atoms with Crippen molar-refractivity contribution < 1.29 is 4.79 Å². The van der Waals surface area contributed by atoms with Crippen molar-refractivity contribution >= 4 is 5.91 Å². The zero-order valence-corrected chi connectivity index (χ0v) is 13.2. The Hall–Kier alpha value is -1.39. The molecule has 2 aliphatic rings. The molecule has 2 fully saturated rings. The van der Waals surface area contributed by atoms with E-state index in [0.29, 0.717) is 12.1 Å². The van der Waals surface area contributed by atoms with E-state index in [9.17, 15) is 4.79 Å². The van der Waals surface area contributed by atoms with Gasteiger partial charge in [0.05, 0.1) is 6.54 Å². The second-order valence-corrected chi connectivity index (χ2v) is 6.67. The summed E-state index contributed by atoms with van der Waals surface area (Å²) in [7, 11) is 0. The van der Waals surface area contributed by atoms with Crippen LogP contribution in [0, 0.1) is 0 Å². The van der Waals surface area contributed by atoms with Crippen LogP contribution in [0.25, 0.3) is 0 Å². The molecule has 1 aromatic rings. The van der Waals surface area contributed by atoms with E-state index in [1.807, 2.05) is 0 Å². The molecule has 0 heterocycles. The van der Waals surface area contributed by atoms with Crippen LogP contribution in [-0.2, 0) is 11.3 Å². The molecule has 22 heavy (non-hydrogen) atoms. The van der Waals surface area contributed by atoms with Crippen LogP contribution < -0.4 is 11.1 Å². The molecule has 0 aliphatic heterocycles. The third kappa shape index (κ3) is 4.08. The Labute approximate surface area is 133 Å². The van der Waals surface area contributed by atoms with Gasteiger partial charge in [-0.25, -0.2) is 0 Å². The largest absolute Gasteiger partial charge is 0.352 e. The highest BCUT2D eigenvalue weighted by molar-refractivity contribution is 5.78. The van der Waals surface area contributed by atoms with Crippen LogP contribution in [0.2, 0.25) is 0 Å². The van der Waals surface area contributed by atoms with Crippen molar-refractivity contribution in [3.05, 3.63) is 35.9 Å². The standard InChI is InChI=1S/C18H27N3O/c19-12-18(22)20-15-6-8-16(9-7-15)21(17-10-11-17)13-14-4-2-1-3-5-14/h1-5,15-17H,6-13,19H2,(H,20,22). The lowest BCUT2D eigenvalue weighted by molar-refractivity contribution is -0.120. The van der Waals surface area contributed by atoms with E-state index < -0.39 is 0 Å². The fourth-order valence-corrected chi connectivity index (χ4v) is 3.60. The van der Waals surface area contributed by atoms with Crippen molar-refractivity contribution in [3.8, 4) is 0 Å². The fourth-order valence-electron chi connectivity index (χ4n) is 3.60. The van der Waals surface area contributed by atoms with Gasteiger partial charge in [0, 0.05) is 24.7 Å². The molecule has 4 heteroatoms. The Morgan fingerprint density at radius 1 is 1.05 bits per heavy atom. The monoisotopic (exact) mass is 301 g/mol. The Balaban J connectivity index is 1.54. The molecule has 1 aromatic carbocycles. The van der Waals surface area contributed by atoms with Gasteiger partial charge in [0.1, 0.15) is 0 Å². The summed E-state index contributed by atoms with van der Waals surface area (Å²) in [5.74, 6) is -0.0215. The van der Waals surface area contributed by atoms with Crippen LogP contribution in [0.1, 0.15) is 44.1 Å². The third-order valence-electron chi connectivity index (χ3n) is 4.94. The maximum Gasteiger partial charge on any atom is 0.233 e. The first-order chi connectivity index (χ1) is 10.8. The Morgan fingerprint density at radius 2 is 1.64 bits per heavy atom. The van der Waals surface area contributed by atoms with E-state index in [1.165, 1.54) is 31.2 Å². The smallest absolute Gasteiger partial charge is 0.233 e. The molecule has 0 atom stereocenters. The minimum Gasteiger partial charge on any atom is -0.352 e. The molecule has 0 spiro atoms. The van der Waals surface area contributed by atoms with Gasteiger partial charge >= 0.3 is 0 Å². The lowest BCUT2D eigenvalue weighted by Gasteiger charge is -2.37. The zero-order chi connectivity index (χ0) is 15.4. The molecule has 2 aliphatic carbocycles. The molecular weight excluding hydrogens is 274 g/mol. The molecule has 2 saturated carbocycles. The van der Waals surface area contributed by atoms with Crippen molar-refractivity contribution in [1.29, 1.82) is 0 Å². The molecule has 3 N–H and O–H groups in total. The van der Waals surface area contributed by atoms with E-state index >= 15 is 0 Å². The summed E-state index contributed by atoms with van der Waals surface area (Å²) in [6, 6.07) is 12.5. The van der Waals surface area contributed by atoms with Crippen LogP contribution >= 0.6 is 0 Å². The number of nitrogens with two attached hydrogens (primary N) is 1. The summed E-state index contributed by atoms with van der Waals surface area (Å²) in [4.78, 5) is 14.1. The fraction of sp³-hybridized carbons (Fsp3) is 0.611. The van der Waals surface area contributed by atoms with Crippen LogP contribution in [0.4, 0.5) is 0 Å². The summed E-state index contributed by atoms with van der Waals surface area (Å²) >= 11 is 0. The van der Waals surface area contributed by atoms with Crippen LogP contribution in [0.3, 0.4) is 0 Å².